The summed E-state index contributed by atoms with van der Waals surface area (Å²) in [4.78, 5) is 21.0. The van der Waals surface area contributed by atoms with E-state index in [9.17, 15) is 9.18 Å². The molecule has 1 aromatic heterocycles. The summed E-state index contributed by atoms with van der Waals surface area (Å²) < 4.78 is 24.2. The summed E-state index contributed by atoms with van der Waals surface area (Å²) in [6.07, 6.45) is 0. The lowest BCUT2D eigenvalue weighted by atomic mass is 10.2. The molecule has 29 heavy (non-hydrogen) atoms. The molecule has 150 valence electrons. The van der Waals surface area contributed by atoms with Crippen molar-refractivity contribution in [2.45, 2.75) is 13.5 Å². The number of carbonyl (C=O) groups excluding carboxylic acids is 1. The zero-order valence-corrected chi connectivity index (χ0v) is 16.3. The molecule has 1 heterocycles. The summed E-state index contributed by atoms with van der Waals surface area (Å²) >= 11 is 0. The number of carbonyl (C=O) groups is 1. The number of anilines is 2. The molecule has 0 saturated carbocycles. The third kappa shape index (κ3) is 4.98. The molecule has 0 fully saturated rings. The number of nitrogens with zero attached hydrogens (tertiary/aromatic N) is 2. The van der Waals surface area contributed by atoms with Crippen LogP contribution in [0.1, 0.15) is 21.9 Å². The van der Waals surface area contributed by atoms with Gasteiger partial charge in [0.05, 0.1) is 14.2 Å². The molecule has 1 amide bonds. The number of hydrogen-bond acceptors (Lipinski definition) is 6. The van der Waals surface area contributed by atoms with Crippen molar-refractivity contribution in [3.05, 3.63) is 71.4 Å². The molecule has 2 aromatic carbocycles. The molecule has 0 radical (unpaired) electrons. The van der Waals surface area contributed by atoms with Gasteiger partial charge in [0.2, 0.25) is 0 Å². The second-order valence-corrected chi connectivity index (χ2v) is 6.15. The van der Waals surface area contributed by atoms with E-state index in [0.717, 1.165) is 0 Å². The molecule has 3 aromatic rings. The highest BCUT2D eigenvalue weighted by molar-refractivity contribution is 5.93. The van der Waals surface area contributed by atoms with Crippen molar-refractivity contribution in [1.29, 1.82) is 0 Å². The van der Waals surface area contributed by atoms with Crippen LogP contribution in [-0.2, 0) is 6.54 Å². The topological polar surface area (TPSA) is 85.4 Å². The standard InChI is InChI=1S/C21H21FN4O3/c1-13-24-17(21(27)23-12-14-6-4-5-7-16(14)22)11-20(25-13)26-15-8-9-18(28-2)19(10-15)29-3/h4-11H,12H2,1-3H3,(H,23,27)(H,24,25,26). The Labute approximate surface area is 167 Å². The predicted octanol–water partition coefficient (Wildman–Crippen LogP) is 3.61. The Balaban J connectivity index is 1.75. The van der Waals surface area contributed by atoms with Gasteiger partial charge < -0.3 is 20.1 Å². The molecule has 0 aliphatic heterocycles. The van der Waals surface area contributed by atoms with E-state index in [1.54, 1.807) is 57.5 Å². The zero-order valence-electron chi connectivity index (χ0n) is 16.3. The van der Waals surface area contributed by atoms with Crippen LogP contribution in [0, 0.1) is 12.7 Å². The first-order chi connectivity index (χ1) is 14.0. The number of halogens is 1. The molecule has 0 spiro atoms. The third-order valence-electron chi connectivity index (χ3n) is 4.12. The van der Waals surface area contributed by atoms with E-state index in [2.05, 4.69) is 20.6 Å². The van der Waals surface area contributed by atoms with Gasteiger partial charge in [0.25, 0.3) is 5.91 Å². The van der Waals surface area contributed by atoms with Crippen molar-refractivity contribution in [3.63, 3.8) is 0 Å². The van der Waals surface area contributed by atoms with Gasteiger partial charge in [-0.1, -0.05) is 18.2 Å². The van der Waals surface area contributed by atoms with Crippen LogP contribution in [0.2, 0.25) is 0 Å². The fourth-order valence-corrected chi connectivity index (χ4v) is 2.72. The Bertz CT molecular complexity index is 1030. The number of aromatic nitrogens is 2. The Hall–Kier alpha value is -3.68. The molecule has 0 unspecified atom stereocenters. The summed E-state index contributed by atoms with van der Waals surface area (Å²) in [7, 11) is 3.11. The number of ether oxygens (including phenoxy) is 2. The van der Waals surface area contributed by atoms with Crippen LogP contribution in [0.3, 0.4) is 0 Å². The third-order valence-corrected chi connectivity index (χ3v) is 4.12. The van der Waals surface area contributed by atoms with Gasteiger partial charge >= 0.3 is 0 Å². The first-order valence-electron chi connectivity index (χ1n) is 8.86. The highest BCUT2D eigenvalue weighted by Crippen LogP contribution is 2.30. The summed E-state index contributed by atoms with van der Waals surface area (Å²) in [6.45, 7) is 1.75. The molecule has 0 saturated heterocycles. The minimum Gasteiger partial charge on any atom is -0.493 e. The SMILES string of the molecule is COc1ccc(Nc2cc(C(=O)NCc3ccccc3F)nc(C)n2)cc1OC. The number of amides is 1. The van der Waals surface area contributed by atoms with Crippen LogP contribution >= 0.6 is 0 Å². The summed E-state index contributed by atoms with van der Waals surface area (Å²) in [6, 6.07) is 13.1. The molecule has 7 nitrogen and oxygen atoms in total. The molecule has 2 N–H and O–H groups in total. The van der Waals surface area contributed by atoms with Gasteiger partial charge in [0.1, 0.15) is 23.2 Å². The number of benzene rings is 2. The van der Waals surface area contributed by atoms with E-state index >= 15 is 0 Å². The monoisotopic (exact) mass is 396 g/mol. The minimum atomic E-state index is -0.422. The molecule has 8 heteroatoms. The van der Waals surface area contributed by atoms with Gasteiger partial charge in [0, 0.05) is 29.9 Å². The van der Waals surface area contributed by atoms with Crippen molar-refractivity contribution in [2.75, 3.05) is 19.5 Å². The predicted molar refractivity (Wildman–Crippen MR) is 107 cm³/mol. The molecule has 0 atom stereocenters. The quantitative estimate of drug-likeness (QED) is 0.635. The maximum atomic E-state index is 13.7. The second-order valence-electron chi connectivity index (χ2n) is 6.15. The average molecular weight is 396 g/mol. The lowest BCUT2D eigenvalue weighted by molar-refractivity contribution is 0.0945. The van der Waals surface area contributed by atoms with Crippen molar-refractivity contribution in [3.8, 4) is 11.5 Å². The van der Waals surface area contributed by atoms with Crippen LogP contribution in [0.4, 0.5) is 15.9 Å². The van der Waals surface area contributed by atoms with Gasteiger partial charge in [-0.25, -0.2) is 14.4 Å². The highest BCUT2D eigenvalue weighted by Gasteiger charge is 2.12. The van der Waals surface area contributed by atoms with Crippen molar-refractivity contribution >= 4 is 17.4 Å². The van der Waals surface area contributed by atoms with Crippen molar-refractivity contribution in [2.24, 2.45) is 0 Å². The van der Waals surface area contributed by atoms with Gasteiger partial charge in [-0.3, -0.25) is 4.79 Å². The van der Waals surface area contributed by atoms with E-state index in [4.69, 9.17) is 9.47 Å². The number of hydrogen-bond donors (Lipinski definition) is 2. The Morgan fingerprint density at radius 1 is 1.03 bits per heavy atom. The maximum Gasteiger partial charge on any atom is 0.270 e. The highest BCUT2D eigenvalue weighted by atomic mass is 19.1. The molecule has 0 aliphatic carbocycles. The average Bonchev–Trinajstić information content (AvgIpc) is 2.72. The summed E-state index contributed by atoms with van der Waals surface area (Å²) in [5.41, 5.74) is 1.28. The molecular formula is C21H21FN4O3. The summed E-state index contributed by atoms with van der Waals surface area (Å²) in [5.74, 6) is 1.24. The minimum absolute atomic E-state index is 0.0625. The Kier molecular flexibility index (Phi) is 6.23. The number of aryl methyl sites for hydroxylation is 1. The number of rotatable bonds is 7. The summed E-state index contributed by atoms with van der Waals surface area (Å²) in [5, 5.41) is 5.80. The van der Waals surface area contributed by atoms with E-state index in [0.29, 0.717) is 34.4 Å². The second kappa shape index (κ2) is 9.01. The van der Waals surface area contributed by atoms with Crippen LogP contribution in [-0.4, -0.2) is 30.1 Å². The molecule has 3 rings (SSSR count). The first-order valence-corrected chi connectivity index (χ1v) is 8.86. The van der Waals surface area contributed by atoms with E-state index < -0.39 is 5.91 Å². The lowest BCUT2D eigenvalue weighted by Crippen LogP contribution is -2.25. The zero-order chi connectivity index (χ0) is 20.8. The Morgan fingerprint density at radius 3 is 2.52 bits per heavy atom. The van der Waals surface area contributed by atoms with Gasteiger partial charge in [0.15, 0.2) is 11.5 Å². The van der Waals surface area contributed by atoms with E-state index in [-0.39, 0.29) is 18.1 Å². The first kappa shape index (κ1) is 20.1. The number of methoxy groups -OCH3 is 2. The van der Waals surface area contributed by atoms with Gasteiger partial charge in [-0.2, -0.15) is 0 Å². The van der Waals surface area contributed by atoms with Crippen LogP contribution in [0.15, 0.2) is 48.5 Å². The fraction of sp³-hybridized carbons (Fsp3) is 0.190. The van der Waals surface area contributed by atoms with Crippen molar-refractivity contribution < 1.29 is 18.7 Å². The van der Waals surface area contributed by atoms with Crippen LogP contribution in [0.25, 0.3) is 0 Å². The molecular weight excluding hydrogens is 375 g/mol. The van der Waals surface area contributed by atoms with Crippen LogP contribution < -0.4 is 20.1 Å². The molecule has 0 aliphatic rings. The lowest BCUT2D eigenvalue weighted by Gasteiger charge is -2.12. The van der Waals surface area contributed by atoms with Crippen LogP contribution in [0.5, 0.6) is 11.5 Å². The normalized spacial score (nSPS) is 10.3. The van der Waals surface area contributed by atoms with E-state index in [1.165, 1.54) is 12.1 Å². The van der Waals surface area contributed by atoms with E-state index in [1.807, 2.05) is 0 Å². The smallest absolute Gasteiger partial charge is 0.270 e. The largest absolute Gasteiger partial charge is 0.493 e. The number of nitrogens with one attached hydrogen (secondary N) is 2. The maximum absolute atomic E-state index is 13.7. The fourth-order valence-electron chi connectivity index (χ4n) is 2.72. The molecule has 0 bridgehead atoms. The van der Waals surface area contributed by atoms with Crippen molar-refractivity contribution in [1.82, 2.24) is 15.3 Å². The van der Waals surface area contributed by atoms with Gasteiger partial charge in [-0.05, 0) is 25.1 Å². The van der Waals surface area contributed by atoms with Gasteiger partial charge in [-0.15, -0.1) is 0 Å². The Morgan fingerprint density at radius 2 is 1.79 bits per heavy atom.